The van der Waals surface area contributed by atoms with Crippen molar-refractivity contribution < 1.29 is 14.3 Å². The van der Waals surface area contributed by atoms with Gasteiger partial charge in [0.05, 0.1) is 6.61 Å². The topological polar surface area (TPSA) is 64.8 Å². The zero-order chi connectivity index (χ0) is 20.6. The van der Waals surface area contributed by atoms with Crippen LogP contribution in [0.1, 0.15) is 55.3 Å². The number of hydrogen-bond donors (Lipinski definition) is 1. The Labute approximate surface area is 173 Å². The third kappa shape index (κ3) is 5.97. The third-order valence-electron chi connectivity index (χ3n) is 5.35. The minimum absolute atomic E-state index is 0.152. The van der Waals surface area contributed by atoms with Crippen molar-refractivity contribution in [2.75, 3.05) is 19.8 Å². The lowest BCUT2D eigenvalue weighted by Crippen LogP contribution is -2.28. The van der Waals surface area contributed by atoms with E-state index in [-0.39, 0.29) is 6.61 Å². The minimum Gasteiger partial charge on any atom is -0.490 e. The van der Waals surface area contributed by atoms with Crippen LogP contribution in [-0.2, 0) is 11.3 Å². The summed E-state index contributed by atoms with van der Waals surface area (Å²) < 4.78 is 11.3. The van der Waals surface area contributed by atoms with Crippen molar-refractivity contribution in [2.24, 2.45) is 5.73 Å². The van der Waals surface area contributed by atoms with E-state index in [9.17, 15) is 4.79 Å². The summed E-state index contributed by atoms with van der Waals surface area (Å²) in [5.74, 6) is 0.718. The van der Waals surface area contributed by atoms with E-state index in [4.69, 9.17) is 15.2 Å². The van der Waals surface area contributed by atoms with Crippen LogP contribution in [-0.4, -0.2) is 30.6 Å². The number of ether oxygens (including phenoxy) is 2. The summed E-state index contributed by atoms with van der Waals surface area (Å²) in [6.45, 7) is 6.42. The molecule has 5 heteroatoms. The molecular formula is C24H32N2O3. The van der Waals surface area contributed by atoms with E-state index in [1.54, 1.807) is 0 Å². The van der Waals surface area contributed by atoms with E-state index in [2.05, 4.69) is 42.2 Å². The number of carbonyl (C=O) groups excluding carboxylic acids is 1. The number of hydrogen-bond acceptors (Lipinski definition) is 4. The first kappa shape index (κ1) is 21.2. The van der Waals surface area contributed by atoms with Gasteiger partial charge in [-0.15, -0.1) is 0 Å². The van der Waals surface area contributed by atoms with E-state index >= 15 is 0 Å². The number of benzene rings is 2. The normalized spacial score (nSPS) is 17.5. The molecule has 2 N–H and O–H groups in total. The fourth-order valence-corrected chi connectivity index (χ4v) is 4.03. The maximum Gasteiger partial charge on any atom is 0.255 e. The standard InChI is InChI=1S/C24H32N2O3/c1-3-28-23-15-19(11-12-22(23)29-17-24(25)27)16-26-13-6-4-5-10-21(26)20-9-7-8-18(2)14-20/h7-9,11-12,14-15,21H,3-6,10,13,16-17H2,1-2H3,(H2,25,27). The summed E-state index contributed by atoms with van der Waals surface area (Å²) in [6, 6.07) is 15.3. The maximum atomic E-state index is 11.0. The molecule has 5 nitrogen and oxygen atoms in total. The van der Waals surface area contributed by atoms with E-state index in [0.29, 0.717) is 24.1 Å². The molecular weight excluding hydrogens is 364 g/mol. The Bertz CT molecular complexity index is 822. The number of nitrogens with two attached hydrogens (primary N) is 1. The van der Waals surface area contributed by atoms with Crippen LogP contribution in [0.25, 0.3) is 0 Å². The van der Waals surface area contributed by atoms with Crippen molar-refractivity contribution in [3.05, 3.63) is 59.2 Å². The van der Waals surface area contributed by atoms with E-state index in [0.717, 1.165) is 13.1 Å². The molecule has 29 heavy (non-hydrogen) atoms. The molecule has 2 aromatic rings. The van der Waals surface area contributed by atoms with Crippen molar-refractivity contribution in [3.8, 4) is 11.5 Å². The van der Waals surface area contributed by atoms with E-state index < -0.39 is 5.91 Å². The van der Waals surface area contributed by atoms with Crippen LogP contribution in [0, 0.1) is 6.92 Å². The molecule has 0 radical (unpaired) electrons. The molecule has 2 aromatic carbocycles. The number of nitrogens with zero attached hydrogens (tertiary/aromatic N) is 1. The van der Waals surface area contributed by atoms with Gasteiger partial charge in [0.15, 0.2) is 18.1 Å². The summed E-state index contributed by atoms with van der Waals surface area (Å²) >= 11 is 0. The zero-order valence-corrected chi connectivity index (χ0v) is 17.5. The molecule has 0 aromatic heterocycles. The number of amides is 1. The van der Waals surface area contributed by atoms with Crippen molar-refractivity contribution in [3.63, 3.8) is 0 Å². The Balaban J connectivity index is 1.81. The smallest absolute Gasteiger partial charge is 0.255 e. The molecule has 0 bridgehead atoms. The predicted molar refractivity (Wildman–Crippen MR) is 115 cm³/mol. The van der Waals surface area contributed by atoms with Gasteiger partial charge < -0.3 is 15.2 Å². The second-order valence-corrected chi connectivity index (χ2v) is 7.72. The molecule has 1 aliphatic heterocycles. The second-order valence-electron chi connectivity index (χ2n) is 7.72. The van der Waals surface area contributed by atoms with Gasteiger partial charge in [0, 0.05) is 12.6 Å². The molecule has 3 rings (SSSR count). The van der Waals surface area contributed by atoms with Crippen LogP contribution in [0.15, 0.2) is 42.5 Å². The van der Waals surface area contributed by atoms with Gasteiger partial charge in [0.2, 0.25) is 0 Å². The van der Waals surface area contributed by atoms with Crippen LogP contribution in [0.5, 0.6) is 11.5 Å². The molecule has 1 saturated heterocycles. The summed E-state index contributed by atoms with van der Waals surface area (Å²) in [7, 11) is 0. The van der Waals surface area contributed by atoms with E-state index in [1.807, 2.05) is 19.1 Å². The Morgan fingerprint density at radius 3 is 2.72 bits per heavy atom. The number of carbonyl (C=O) groups is 1. The lowest BCUT2D eigenvalue weighted by atomic mass is 9.98. The highest BCUT2D eigenvalue weighted by molar-refractivity contribution is 5.75. The highest BCUT2D eigenvalue weighted by atomic mass is 16.5. The molecule has 0 saturated carbocycles. The average molecular weight is 397 g/mol. The van der Waals surface area contributed by atoms with Crippen LogP contribution < -0.4 is 15.2 Å². The number of primary amides is 1. The summed E-state index contributed by atoms with van der Waals surface area (Å²) in [5, 5.41) is 0. The summed E-state index contributed by atoms with van der Waals surface area (Å²) in [4.78, 5) is 13.6. The average Bonchev–Trinajstić information content (AvgIpc) is 2.93. The number of aryl methyl sites for hydroxylation is 1. The van der Waals surface area contributed by atoms with Gasteiger partial charge in [-0.2, -0.15) is 0 Å². The quantitative estimate of drug-likeness (QED) is 0.719. The first-order chi connectivity index (χ1) is 14.1. The number of likely N-dealkylation sites (tertiary alicyclic amines) is 1. The summed E-state index contributed by atoms with van der Waals surface area (Å²) in [5.41, 5.74) is 9.09. The van der Waals surface area contributed by atoms with Crippen LogP contribution in [0.4, 0.5) is 0 Å². The molecule has 1 heterocycles. The Morgan fingerprint density at radius 1 is 1.10 bits per heavy atom. The highest BCUT2D eigenvalue weighted by Crippen LogP contribution is 2.34. The molecule has 1 atom stereocenters. The van der Waals surface area contributed by atoms with Gasteiger partial charge in [0.25, 0.3) is 5.91 Å². The van der Waals surface area contributed by atoms with Crippen molar-refractivity contribution in [1.82, 2.24) is 4.90 Å². The minimum atomic E-state index is -0.498. The second kappa shape index (κ2) is 10.3. The Morgan fingerprint density at radius 2 is 1.97 bits per heavy atom. The van der Waals surface area contributed by atoms with E-state index in [1.165, 1.54) is 42.4 Å². The third-order valence-corrected chi connectivity index (χ3v) is 5.35. The largest absolute Gasteiger partial charge is 0.490 e. The molecule has 1 fully saturated rings. The summed E-state index contributed by atoms with van der Waals surface area (Å²) in [6.07, 6.45) is 4.95. The van der Waals surface area contributed by atoms with Crippen molar-refractivity contribution in [2.45, 2.75) is 52.1 Å². The fourth-order valence-electron chi connectivity index (χ4n) is 4.03. The van der Waals surface area contributed by atoms with Gasteiger partial charge in [-0.25, -0.2) is 0 Å². The first-order valence-corrected chi connectivity index (χ1v) is 10.5. The number of rotatable bonds is 8. The Kier molecular flexibility index (Phi) is 7.53. The maximum absolute atomic E-state index is 11.0. The fraction of sp³-hybridized carbons (Fsp3) is 0.458. The molecule has 1 amide bonds. The predicted octanol–water partition coefficient (Wildman–Crippen LogP) is 4.38. The van der Waals surface area contributed by atoms with Crippen molar-refractivity contribution in [1.29, 1.82) is 0 Å². The van der Waals surface area contributed by atoms with Crippen molar-refractivity contribution >= 4 is 5.91 Å². The molecule has 0 spiro atoms. The lowest BCUT2D eigenvalue weighted by molar-refractivity contribution is -0.119. The Hall–Kier alpha value is -2.53. The molecule has 1 unspecified atom stereocenters. The van der Waals surface area contributed by atoms with Crippen LogP contribution >= 0.6 is 0 Å². The van der Waals surface area contributed by atoms with Gasteiger partial charge in [-0.3, -0.25) is 9.69 Å². The SMILES string of the molecule is CCOc1cc(CN2CCCCCC2c2cccc(C)c2)ccc1OCC(N)=O. The molecule has 0 aliphatic carbocycles. The van der Waals surface area contributed by atoms with Crippen LogP contribution in [0.2, 0.25) is 0 Å². The lowest BCUT2D eigenvalue weighted by Gasteiger charge is -2.31. The monoisotopic (exact) mass is 396 g/mol. The molecule has 156 valence electrons. The van der Waals surface area contributed by atoms with Gasteiger partial charge >= 0.3 is 0 Å². The van der Waals surface area contributed by atoms with Gasteiger partial charge in [-0.05, 0) is 56.5 Å². The zero-order valence-electron chi connectivity index (χ0n) is 17.5. The first-order valence-electron chi connectivity index (χ1n) is 10.5. The van der Waals surface area contributed by atoms with Gasteiger partial charge in [0.1, 0.15) is 0 Å². The molecule has 1 aliphatic rings. The van der Waals surface area contributed by atoms with Crippen LogP contribution in [0.3, 0.4) is 0 Å². The van der Waals surface area contributed by atoms with Gasteiger partial charge in [-0.1, -0.05) is 48.7 Å². The highest BCUT2D eigenvalue weighted by Gasteiger charge is 2.23.